The lowest BCUT2D eigenvalue weighted by atomic mass is 9.94. The second kappa shape index (κ2) is 30.6. The fourth-order valence-electron chi connectivity index (χ4n) is 10.4. The van der Waals surface area contributed by atoms with Crippen molar-refractivity contribution in [3.63, 3.8) is 0 Å². The van der Waals surface area contributed by atoms with Gasteiger partial charge in [0, 0.05) is 89.7 Å². The Morgan fingerprint density at radius 3 is 1.22 bits per heavy atom. The Balaban J connectivity index is 0.000000168. The van der Waals surface area contributed by atoms with Gasteiger partial charge in [-0.2, -0.15) is 0 Å². The van der Waals surface area contributed by atoms with Crippen LogP contribution in [0.1, 0.15) is 119 Å². The molecule has 0 saturated carbocycles. The van der Waals surface area contributed by atoms with Crippen molar-refractivity contribution in [1.29, 1.82) is 0 Å². The van der Waals surface area contributed by atoms with E-state index in [1.807, 2.05) is 42.1 Å². The van der Waals surface area contributed by atoms with Gasteiger partial charge in [0.25, 0.3) is 0 Å². The van der Waals surface area contributed by atoms with Gasteiger partial charge in [-0.3, -0.25) is 0 Å². The standard InChI is InChI=1S/2C16H20N.3C15H18N/c1-12(2)14-10-7-11-17(4)16(14)15-9-6-5-8-13(15)3;1-12(2)14-9-10-17(4)16(11-14)15-8-6-5-7-13(15)3;1-4-13-9-7-11-16(3)15(13)14-10-6-5-8-12(14)2;1-4-13-9-10-16(3)15(11-13)14-8-6-5-7-12(14)2;1-4-13-9-10-15(16(3)11-13)14-8-6-5-7-12(14)2/h2*5-12H,1-4H3;3*5-11H,4H2,1-3H3/q5*+1/i;;;;4D2. The molecule has 0 bridgehead atoms. The minimum Gasteiger partial charge on any atom is -0.201 e. The lowest BCUT2D eigenvalue weighted by Crippen LogP contribution is -2.32. The quantitative estimate of drug-likeness (QED) is 0.122. The van der Waals surface area contributed by atoms with Crippen molar-refractivity contribution in [2.45, 2.75) is 114 Å². The van der Waals surface area contributed by atoms with Gasteiger partial charge in [0.1, 0.15) is 35.2 Å². The van der Waals surface area contributed by atoms with Crippen LogP contribution in [0.4, 0.5) is 0 Å². The highest BCUT2D eigenvalue weighted by atomic mass is 14.9. The summed E-state index contributed by atoms with van der Waals surface area (Å²) in [5, 5.41) is 0. The van der Waals surface area contributed by atoms with Crippen molar-refractivity contribution in [3.05, 3.63) is 269 Å². The Morgan fingerprint density at radius 2 is 0.780 bits per heavy atom. The smallest absolute Gasteiger partial charge is 0.201 e. The average Bonchev–Trinajstić information content (AvgIpc) is 3.66. The van der Waals surface area contributed by atoms with Gasteiger partial charge in [0.15, 0.2) is 31.0 Å². The summed E-state index contributed by atoms with van der Waals surface area (Å²) in [7, 11) is 10.4. The second-order valence-corrected chi connectivity index (χ2v) is 22.2. The molecule has 0 saturated heterocycles. The van der Waals surface area contributed by atoms with Gasteiger partial charge in [0.05, 0.1) is 0 Å². The van der Waals surface area contributed by atoms with Crippen LogP contribution in [-0.2, 0) is 54.5 Å². The van der Waals surface area contributed by atoms with E-state index in [0.29, 0.717) is 17.4 Å². The van der Waals surface area contributed by atoms with E-state index in [0.717, 1.165) is 18.5 Å². The fraction of sp³-hybridized carbons (Fsp3) is 0.286. The molecular weight excluding hydrogens is 995 g/mol. The summed E-state index contributed by atoms with van der Waals surface area (Å²) in [6.07, 6.45) is 11.2. The zero-order valence-corrected chi connectivity index (χ0v) is 52.5. The molecule has 5 nitrogen and oxygen atoms in total. The highest BCUT2D eigenvalue weighted by Gasteiger charge is 2.20. The second-order valence-electron chi connectivity index (χ2n) is 22.2. The van der Waals surface area contributed by atoms with Crippen LogP contribution in [0.2, 0.25) is 0 Å². The maximum absolute atomic E-state index is 7.74. The molecule has 0 aliphatic rings. The van der Waals surface area contributed by atoms with Crippen LogP contribution in [0, 0.1) is 34.6 Å². The first-order valence-corrected chi connectivity index (χ1v) is 29.3. The third kappa shape index (κ3) is 16.5. The van der Waals surface area contributed by atoms with Crippen LogP contribution in [-0.4, -0.2) is 0 Å². The normalized spacial score (nSPS) is 11.2. The van der Waals surface area contributed by atoms with Crippen molar-refractivity contribution in [2.75, 3.05) is 0 Å². The van der Waals surface area contributed by atoms with Crippen molar-refractivity contribution in [2.24, 2.45) is 35.2 Å². The van der Waals surface area contributed by atoms with Crippen LogP contribution >= 0.6 is 0 Å². The largest absolute Gasteiger partial charge is 0.215 e. The average molecular weight is 1090 g/mol. The van der Waals surface area contributed by atoms with Gasteiger partial charge < -0.3 is 0 Å². The zero-order valence-electron chi connectivity index (χ0n) is 54.5. The summed E-state index contributed by atoms with van der Waals surface area (Å²) in [6, 6.07) is 63.9. The van der Waals surface area contributed by atoms with E-state index in [1.54, 1.807) is 6.92 Å². The minimum absolute atomic E-state index is 0.539. The third-order valence-corrected chi connectivity index (χ3v) is 15.4. The van der Waals surface area contributed by atoms with Crippen molar-refractivity contribution >= 4 is 0 Å². The number of rotatable bonds is 10. The fourth-order valence-corrected chi connectivity index (χ4v) is 10.4. The zero-order chi connectivity index (χ0) is 61.3. The molecule has 0 spiro atoms. The molecule has 0 amide bonds. The Kier molecular flexibility index (Phi) is 22.4. The molecule has 5 heterocycles. The van der Waals surface area contributed by atoms with Crippen LogP contribution in [0.3, 0.4) is 0 Å². The van der Waals surface area contributed by atoms with Gasteiger partial charge in [0.2, 0.25) is 28.5 Å². The molecule has 0 aliphatic heterocycles. The van der Waals surface area contributed by atoms with Crippen molar-refractivity contribution in [3.8, 4) is 56.3 Å². The number of pyridine rings is 5. The van der Waals surface area contributed by atoms with E-state index in [-0.39, 0.29) is 0 Å². The SMILES string of the molecule is CCc1cc[n+](C)c(-c2ccccc2C)c1.CCc1ccc[n+](C)c1-c1ccccc1C.Cc1ccccc1-c1c(C(C)C)ccc[n+]1C.Cc1ccccc1-c1cc(C(C)C)cc[n+]1C.[2H]C([2H])(C)c1ccc(-c2ccccc2C)[n+](C)c1. The van der Waals surface area contributed by atoms with Crippen LogP contribution in [0.25, 0.3) is 56.3 Å². The first-order chi connectivity index (χ1) is 40.1. The first kappa shape index (κ1) is 60.0. The van der Waals surface area contributed by atoms with Crippen LogP contribution in [0.15, 0.2) is 213 Å². The number of aryl methyl sites for hydroxylation is 13. The molecule has 82 heavy (non-hydrogen) atoms. The highest BCUT2D eigenvalue weighted by molar-refractivity contribution is 5.66. The van der Waals surface area contributed by atoms with Gasteiger partial charge in [-0.05, 0) is 153 Å². The molecule has 0 unspecified atom stereocenters. The summed E-state index contributed by atoms with van der Waals surface area (Å²) in [6.45, 7) is 25.7. The molecule has 5 aromatic heterocycles. The van der Waals surface area contributed by atoms with Gasteiger partial charge in [-0.25, -0.2) is 22.8 Å². The van der Waals surface area contributed by atoms with Crippen molar-refractivity contribution in [1.82, 2.24) is 0 Å². The van der Waals surface area contributed by atoms with Crippen molar-refractivity contribution < 1.29 is 25.6 Å². The Hall–Kier alpha value is -8.15. The topological polar surface area (TPSA) is 19.4 Å². The maximum Gasteiger partial charge on any atom is 0.215 e. The summed E-state index contributed by atoms with van der Waals surface area (Å²) < 4.78 is 26.3. The number of hydrogen-bond acceptors (Lipinski definition) is 0. The summed E-state index contributed by atoms with van der Waals surface area (Å²) >= 11 is 0. The van der Waals surface area contributed by atoms with Gasteiger partial charge >= 0.3 is 0 Å². The van der Waals surface area contributed by atoms with Crippen LogP contribution < -0.4 is 22.8 Å². The molecular formula is C77H94N5+5. The maximum atomic E-state index is 7.74. The highest BCUT2D eigenvalue weighted by Crippen LogP contribution is 2.29. The number of hydrogen-bond donors (Lipinski definition) is 0. The molecule has 0 fully saturated rings. The molecule has 10 aromatic rings. The Morgan fingerprint density at radius 1 is 0.354 bits per heavy atom. The van der Waals surface area contributed by atoms with E-state index in [9.17, 15) is 0 Å². The lowest BCUT2D eigenvalue weighted by molar-refractivity contribution is -0.660. The van der Waals surface area contributed by atoms with E-state index in [1.165, 1.54) is 101 Å². The molecule has 10 rings (SSSR count). The molecule has 0 aliphatic carbocycles. The monoisotopic (exact) mass is 1090 g/mol. The molecule has 5 heteroatoms. The third-order valence-electron chi connectivity index (χ3n) is 15.4. The molecule has 0 atom stereocenters. The predicted molar refractivity (Wildman–Crippen MR) is 345 cm³/mol. The first-order valence-electron chi connectivity index (χ1n) is 30.3. The number of benzene rings is 5. The van der Waals surface area contributed by atoms with E-state index in [4.69, 9.17) is 2.74 Å². The minimum atomic E-state index is -1.30. The molecule has 0 radical (unpaired) electrons. The van der Waals surface area contributed by atoms with Crippen LogP contribution in [0.5, 0.6) is 0 Å². The lowest BCUT2D eigenvalue weighted by Gasteiger charge is -2.11. The Bertz CT molecular complexity index is 3770. The summed E-state index contributed by atoms with van der Waals surface area (Å²) in [4.78, 5) is 0. The number of aromatic nitrogens is 5. The molecule has 422 valence electrons. The molecule has 5 aromatic carbocycles. The molecule has 0 N–H and O–H groups in total. The number of nitrogens with zero attached hydrogens (tertiary/aromatic N) is 5. The summed E-state index contributed by atoms with van der Waals surface area (Å²) in [5.74, 6) is 1.11. The van der Waals surface area contributed by atoms with E-state index >= 15 is 0 Å². The predicted octanol–water partition coefficient (Wildman–Crippen LogP) is 16.4. The Labute approximate surface area is 497 Å². The van der Waals surface area contributed by atoms with E-state index in [2.05, 4.69) is 305 Å². The van der Waals surface area contributed by atoms with Gasteiger partial charge in [-0.1, -0.05) is 139 Å². The van der Waals surface area contributed by atoms with Gasteiger partial charge in [-0.15, -0.1) is 0 Å². The summed E-state index contributed by atoms with van der Waals surface area (Å²) in [5.41, 5.74) is 25.6. The van der Waals surface area contributed by atoms with E-state index < -0.39 is 6.37 Å².